The van der Waals surface area contributed by atoms with Gasteiger partial charge in [-0.3, -0.25) is 4.79 Å². The van der Waals surface area contributed by atoms with Gasteiger partial charge in [-0.2, -0.15) is 0 Å². The highest BCUT2D eigenvalue weighted by atomic mass is 16.5. The monoisotopic (exact) mass is 334 g/mol. The van der Waals surface area contributed by atoms with Gasteiger partial charge in [0.2, 0.25) is 0 Å². The molecule has 130 valence electrons. The van der Waals surface area contributed by atoms with Crippen molar-refractivity contribution >= 4 is 5.97 Å². The Morgan fingerprint density at radius 3 is 2.25 bits per heavy atom. The summed E-state index contributed by atoms with van der Waals surface area (Å²) in [6, 6.07) is 5.24. The molecule has 1 aromatic carbocycles. The second kappa shape index (κ2) is 5.79. The van der Waals surface area contributed by atoms with Crippen LogP contribution in [0.2, 0.25) is 0 Å². The molecular formula is C18H22O6. The summed E-state index contributed by atoms with van der Waals surface area (Å²) in [6.07, 6.45) is -0.0790. The van der Waals surface area contributed by atoms with E-state index in [1.165, 1.54) is 20.3 Å². The zero-order chi connectivity index (χ0) is 17.6. The van der Waals surface area contributed by atoms with Crippen LogP contribution in [0.5, 0.6) is 11.5 Å². The molecule has 1 aromatic rings. The molecule has 2 bridgehead atoms. The van der Waals surface area contributed by atoms with Gasteiger partial charge in [-0.25, -0.2) is 0 Å². The molecule has 0 amide bonds. The maximum Gasteiger partial charge on any atom is 0.316 e. The summed E-state index contributed by atoms with van der Waals surface area (Å²) in [7, 11) is 3.06. The average Bonchev–Trinajstić information content (AvgIpc) is 2.80. The molecule has 5 unspecified atom stereocenters. The van der Waals surface area contributed by atoms with Gasteiger partial charge in [0.1, 0.15) is 16.9 Å². The van der Waals surface area contributed by atoms with Crippen molar-refractivity contribution in [3.8, 4) is 11.5 Å². The van der Waals surface area contributed by atoms with Crippen LogP contribution in [-0.4, -0.2) is 47.7 Å². The highest BCUT2D eigenvalue weighted by Gasteiger charge is 2.63. The Morgan fingerprint density at radius 2 is 1.75 bits per heavy atom. The summed E-state index contributed by atoms with van der Waals surface area (Å²) in [4.78, 5) is 12.1. The number of ether oxygens (including phenoxy) is 2. The van der Waals surface area contributed by atoms with Crippen LogP contribution in [-0.2, 0) is 4.79 Å². The number of hydrogen-bond acceptors (Lipinski definition) is 5. The third kappa shape index (κ3) is 2.21. The van der Waals surface area contributed by atoms with Gasteiger partial charge in [0.25, 0.3) is 0 Å². The Labute approximate surface area is 140 Å². The van der Waals surface area contributed by atoms with Crippen molar-refractivity contribution in [1.29, 1.82) is 0 Å². The molecule has 5 atom stereocenters. The van der Waals surface area contributed by atoms with Crippen LogP contribution in [0.15, 0.2) is 29.8 Å². The molecule has 2 aliphatic rings. The fraction of sp³-hybridized carbons (Fsp3) is 0.500. The summed E-state index contributed by atoms with van der Waals surface area (Å²) < 4.78 is 10.6. The molecule has 1 fully saturated rings. The number of aliphatic hydroxyl groups is 2. The van der Waals surface area contributed by atoms with Gasteiger partial charge in [0, 0.05) is 17.9 Å². The van der Waals surface area contributed by atoms with Crippen molar-refractivity contribution in [1.82, 2.24) is 0 Å². The lowest BCUT2D eigenvalue weighted by Crippen LogP contribution is -2.47. The Balaban J connectivity index is 2.17. The van der Waals surface area contributed by atoms with E-state index in [2.05, 4.69) is 0 Å². The molecule has 6 heteroatoms. The summed E-state index contributed by atoms with van der Waals surface area (Å²) in [6.45, 7) is 1.70. The fourth-order valence-corrected chi connectivity index (χ4v) is 4.22. The topological polar surface area (TPSA) is 96.2 Å². The number of fused-ring (bicyclic) bond motifs is 2. The van der Waals surface area contributed by atoms with Gasteiger partial charge in [0.05, 0.1) is 26.4 Å². The van der Waals surface area contributed by atoms with Crippen LogP contribution in [0, 0.1) is 11.3 Å². The van der Waals surface area contributed by atoms with E-state index in [9.17, 15) is 20.1 Å². The van der Waals surface area contributed by atoms with Gasteiger partial charge < -0.3 is 24.8 Å². The molecule has 3 N–H and O–H groups in total. The van der Waals surface area contributed by atoms with Crippen LogP contribution in [0.4, 0.5) is 0 Å². The first kappa shape index (κ1) is 16.8. The van der Waals surface area contributed by atoms with Crippen molar-refractivity contribution in [2.45, 2.75) is 31.5 Å². The highest BCUT2D eigenvalue weighted by Crippen LogP contribution is 2.58. The molecule has 1 saturated carbocycles. The average molecular weight is 334 g/mol. The quantitative estimate of drug-likeness (QED) is 0.723. The van der Waals surface area contributed by atoms with Crippen LogP contribution >= 0.6 is 0 Å². The first-order valence-electron chi connectivity index (χ1n) is 7.87. The van der Waals surface area contributed by atoms with Gasteiger partial charge in [-0.05, 0) is 36.6 Å². The largest absolute Gasteiger partial charge is 0.497 e. The van der Waals surface area contributed by atoms with Crippen molar-refractivity contribution < 1.29 is 29.6 Å². The lowest BCUT2D eigenvalue weighted by Gasteiger charge is -2.37. The van der Waals surface area contributed by atoms with Gasteiger partial charge in [-0.15, -0.1) is 0 Å². The SMILES string of the molecule is COc1cc(OC)cc(C2CC3C(O)C(C)=CC2(C(=O)O)C3O)c1. The van der Waals surface area contributed by atoms with E-state index in [0.29, 0.717) is 29.1 Å². The fourth-order valence-electron chi connectivity index (χ4n) is 4.22. The van der Waals surface area contributed by atoms with Gasteiger partial charge in [0.15, 0.2) is 0 Å². The number of methoxy groups -OCH3 is 2. The van der Waals surface area contributed by atoms with Crippen molar-refractivity contribution in [2.75, 3.05) is 14.2 Å². The second-order valence-electron chi connectivity index (χ2n) is 6.61. The third-order valence-electron chi connectivity index (χ3n) is 5.46. The van der Waals surface area contributed by atoms with Crippen LogP contribution < -0.4 is 9.47 Å². The molecule has 0 spiro atoms. The van der Waals surface area contributed by atoms with E-state index in [1.807, 2.05) is 0 Å². The Bertz CT molecular complexity index is 674. The standard InChI is InChI=1S/C18H22O6/c1-9-8-18(17(21)22)14(7-13(15(9)19)16(18)20)10-4-11(23-2)6-12(5-10)24-3/h4-6,8,13-16,19-20H,7H2,1-3H3,(H,21,22). The third-order valence-corrected chi connectivity index (χ3v) is 5.46. The molecule has 0 aromatic heterocycles. The lowest BCUT2D eigenvalue weighted by atomic mass is 9.69. The second-order valence-corrected chi connectivity index (χ2v) is 6.61. The highest BCUT2D eigenvalue weighted by molar-refractivity contribution is 5.81. The van der Waals surface area contributed by atoms with E-state index >= 15 is 0 Å². The molecule has 0 radical (unpaired) electrons. The summed E-state index contributed by atoms with van der Waals surface area (Å²) >= 11 is 0. The van der Waals surface area contributed by atoms with Crippen molar-refractivity contribution in [3.63, 3.8) is 0 Å². The van der Waals surface area contributed by atoms with Crippen molar-refractivity contribution in [3.05, 3.63) is 35.4 Å². The lowest BCUT2D eigenvalue weighted by molar-refractivity contribution is -0.153. The smallest absolute Gasteiger partial charge is 0.316 e. The summed E-state index contributed by atoms with van der Waals surface area (Å²) in [5, 5.41) is 30.9. The predicted octanol–water partition coefficient (Wildman–Crippen LogP) is 1.56. The molecule has 24 heavy (non-hydrogen) atoms. The minimum atomic E-state index is -1.45. The van der Waals surface area contributed by atoms with E-state index in [4.69, 9.17) is 9.47 Å². The van der Waals surface area contributed by atoms with E-state index in [1.54, 1.807) is 25.1 Å². The number of hydrogen-bond donors (Lipinski definition) is 3. The maximum atomic E-state index is 12.1. The molecule has 0 saturated heterocycles. The molecule has 0 heterocycles. The summed E-state index contributed by atoms with van der Waals surface area (Å²) in [5.74, 6) is -0.959. The predicted molar refractivity (Wildman–Crippen MR) is 86.2 cm³/mol. The molecule has 2 aliphatic carbocycles. The van der Waals surface area contributed by atoms with Gasteiger partial charge in [-0.1, -0.05) is 6.08 Å². The van der Waals surface area contributed by atoms with Crippen LogP contribution in [0.25, 0.3) is 0 Å². The molecule has 3 rings (SSSR count). The van der Waals surface area contributed by atoms with Crippen LogP contribution in [0.1, 0.15) is 24.8 Å². The normalized spacial score (nSPS) is 34.6. The molecule has 0 aliphatic heterocycles. The number of carboxylic acids is 1. The number of benzene rings is 1. The first-order valence-corrected chi connectivity index (χ1v) is 7.87. The molecule has 6 nitrogen and oxygen atoms in total. The Morgan fingerprint density at radius 1 is 1.17 bits per heavy atom. The van der Waals surface area contributed by atoms with Gasteiger partial charge >= 0.3 is 5.97 Å². The zero-order valence-electron chi connectivity index (χ0n) is 13.9. The van der Waals surface area contributed by atoms with E-state index in [0.717, 1.165) is 0 Å². The van der Waals surface area contributed by atoms with E-state index < -0.39 is 35.4 Å². The van der Waals surface area contributed by atoms with Crippen LogP contribution in [0.3, 0.4) is 0 Å². The first-order chi connectivity index (χ1) is 11.3. The Hall–Kier alpha value is -2.05. The number of carbonyl (C=O) groups is 1. The molecular weight excluding hydrogens is 312 g/mol. The van der Waals surface area contributed by atoms with E-state index in [-0.39, 0.29) is 0 Å². The minimum absolute atomic E-state index is 0.374. The Kier molecular flexibility index (Phi) is 4.05. The number of carboxylic acid groups (broad SMARTS) is 1. The van der Waals surface area contributed by atoms with Crippen molar-refractivity contribution in [2.24, 2.45) is 11.3 Å². The number of aliphatic hydroxyl groups excluding tert-OH is 2. The minimum Gasteiger partial charge on any atom is -0.497 e. The number of aliphatic carboxylic acids is 1. The maximum absolute atomic E-state index is 12.1. The zero-order valence-corrected chi connectivity index (χ0v) is 13.9. The summed E-state index contributed by atoms with van der Waals surface area (Å²) in [5.41, 5.74) is -0.149. The number of rotatable bonds is 4.